The maximum absolute atomic E-state index is 12.8. The second-order valence-electron chi connectivity index (χ2n) is 8.46. The summed E-state index contributed by atoms with van der Waals surface area (Å²) in [6.45, 7) is 5.93. The lowest BCUT2D eigenvalue weighted by atomic mass is 10.1. The molecule has 4 rings (SSSR count). The Labute approximate surface area is 204 Å². The number of fused-ring (bicyclic) bond motifs is 1. The number of anilines is 1. The number of carbonyl (C=O) groups excluding carboxylic acids is 3. The van der Waals surface area contributed by atoms with E-state index in [1.54, 1.807) is 18.2 Å². The largest absolute Gasteiger partial charge is 0.485 e. The van der Waals surface area contributed by atoms with Crippen LogP contribution >= 0.6 is 0 Å². The summed E-state index contributed by atoms with van der Waals surface area (Å²) in [7, 11) is 0. The SMILES string of the molecule is CCc1ccc(OCC(=O)c2ccc3c(c2)N(CC(=O)NCCN2CCOCC2)C(=O)CO3)cc1. The zero-order valence-electron chi connectivity index (χ0n) is 20.0. The minimum atomic E-state index is -0.335. The van der Waals surface area contributed by atoms with E-state index in [1.165, 1.54) is 10.5 Å². The first-order valence-corrected chi connectivity index (χ1v) is 11.9. The molecule has 0 atom stereocenters. The third-order valence-corrected chi connectivity index (χ3v) is 6.08. The highest BCUT2D eigenvalue weighted by Gasteiger charge is 2.28. The lowest BCUT2D eigenvalue weighted by Crippen LogP contribution is -2.47. The van der Waals surface area contributed by atoms with Gasteiger partial charge in [0.1, 0.15) is 18.0 Å². The predicted octanol–water partition coefficient (Wildman–Crippen LogP) is 1.68. The Morgan fingerprint density at radius 1 is 1.09 bits per heavy atom. The molecule has 35 heavy (non-hydrogen) atoms. The van der Waals surface area contributed by atoms with Gasteiger partial charge in [0.05, 0.1) is 18.9 Å². The summed E-state index contributed by atoms with van der Waals surface area (Å²) in [6, 6.07) is 12.5. The molecule has 0 radical (unpaired) electrons. The molecule has 0 saturated carbocycles. The van der Waals surface area contributed by atoms with Gasteiger partial charge in [-0.3, -0.25) is 24.2 Å². The fraction of sp³-hybridized carbons (Fsp3) is 0.423. The zero-order chi connectivity index (χ0) is 24.6. The standard InChI is InChI=1S/C26H31N3O6/c1-2-19-3-6-21(7-4-19)34-17-23(30)20-5-8-24-22(15-20)29(26(32)18-35-24)16-25(31)27-9-10-28-11-13-33-14-12-28/h3-8,15H,2,9-14,16-18H2,1H3,(H,27,31). The van der Waals surface area contributed by atoms with Crippen molar-refractivity contribution in [1.29, 1.82) is 0 Å². The van der Waals surface area contributed by atoms with Crippen LogP contribution in [-0.4, -0.2) is 81.6 Å². The molecule has 2 aliphatic rings. The average Bonchev–Trinajstić information content (AvgIpc) is 2.89. The van der Waals surface area contributed by atoms with Gasteiger partial charge in [-0.25, -0.2) is 0 Å². The first-order valence-electron chi connectivity index (χ1n) is 11.9. The second-order valence-corrected chi connectivity index (χ2v) is 8.46. The number of Topliss-reactive ketones (excluding diaryl/α,β-unsaturated/α-hetero) is 1. The summed E-state index contributed by atoms with van der Waals surface area (Å²) in [4.78, 5) is 41.5. The molecule has 1 fully saturated rings. The second kappa shape index (κ2) is 11.8. The van der Waals surface area contributed by atoms with E-state index >= 15 is 0 Å². The Morgan fingerprint density at radius 3 is 2.60 bits per heavy atom. The Hall–Kier alpha value is -3.43. The van der Waals surface area contributed by atoms with Gasteiger partial charge in [-0.2, -0.15) is 0 Å². The van der Waals surface area contributed by atoms with E-state index < -0.39 is 0 Å². The highest BCUT2D eigenvalue weighted by molar-refractivity contribution is 6.04. The number of rotatable bonds is 10. The summed E-state index contributed by atoms with van der Waals surface area (Å²) >= 11 is 0. The number of hydrogen-bond donors (Lipinski definition) is 1. The molecule has 2 aromatic rings. The van der Waals surface area contributed by atoms with Gasteiger partial charge in [0.25, 0.3) is 5.91 Å². The van der Waals surface area contributed by atoms with E-state index in [0.29, 0.717) is 42.5 Å². The molecule has 186 valence electrons. The van der Waals surface area contributed by atoms with Crippen LogP contribution in [0.15, 0.2) is 42.5 Å². The quantitative estimate of drug-likeness (QED) is 0.516. The summed E-state index contributed by atoms with van der Waals surface area (Å²) in [5.74, 6) is 0.230. The van der Waals surface area contributed by atoms with Crippen LogP contribution in [0.5, 0.6) is 11.5 Å². The normalized spacial score (nSPS) is 15.8. The van der Waals surface area contributed by atoms with Crippen LogP contribution in [0.2, 0.25) is 0 Å². The van der Waals surface area contributed by atoms with Gasteiger partial charge in [0.15, 0.2) is 19.0 Å². The van der Waals surface area contributed by atoms with Crippen molar-refractivity contribution in [2.75, 3.05) is 64.1 Å². The molecule has 0 spiro atoms. The van der Waals surface area contributed by atoms with Crippen LogP contribution in [0.4, 0.5) is 5.69 Å². The highest BCUT2D eigenvalue weighted by atomic mass is 16.5. The van der Waals surface area contributed by atoms with Gasteiger partial charge in [0.2, 0.25) is 5.91 Å². The lowest BCUT2D eigenvalue weighted by Gasteiger charge is -2.29. The number of aryl methyl sites for hydroxylation is 1. The van der Waals surface area contributed by atoms with Crippen molar-refractivity contribution < 1.29 is 28.6 Å². The molecule has 0 aliphatic carbocycles. The van der Waals surface area contributed by atoms with Crippen LogP contribution in [0.3, 0.4) is 0 Å². The average molecular weight is 482 g/mol. The number of carbonyl (C=O) groups is 3. The Balaban J connectivity index is 1.36. The molecule has 0 unspecified atom stereocenters. The molecule has 0 bridgehead atoms. The Kier molecular flexibility index (Phi) is 8.33. The van der Waals surface area contributed by atoms with E-state index in [9.17, 15) is 14.4 Å². The molecule has 0 aromatic heterocycles. The first-order chi connectivity index (χ1) is 17.0. The number of morpholine rings is 1. The maximum Gasteiger partial charge on any atom is 0.265 e. The monoisotopic (exact) mass is 481 g/mol. The number of amides is 2. The molecule has 2 amide bonds. The number of ether oxygens (including phenoxy) is 3. The van der Waals surface area contributed by atoms with Crippen molar-refractivity contribution in [1.82, 2.24) is 10.2 Å². The van der Waals surface area contributed by atoms with Crippen LogP contribution in [-0.2, 0) is 20.7 Å². The molecular weight excluding hydrogens is 450 g/mol. The van der Waals surface area contributed by atoms with Crippen molar-refractivity contribution in [2.45, 2.75) is 13.3 Å². The van der Waals surface area contributed by atoms with Crippen molar-refractivity contribution in [3.05, 3.63) is 53.6 Å². The number of hydrogen-bond acceptors (Lipinski definition) is 7. The van der Waals surface area contributed by atoms with Crippen LogP contribution in [0, 0.1) is 0 Å². The predicted molar refractivity (Wildman–Crippen MR) is 130 cm³/mol. The lowest BCUT2D eigenvalue weighted by molar-refractivity contribution is -0.125. The minimum absolute atomic E-state index is 0.138. The van der Waals surface area contributed by atoms with E-state index in [4.69, 9.17) is 14.2 Å². The van der Waals surface area contributed by atoms with Gasteiger partial charge >= 0.3 is 0 Å². The molecule has 2 heterocycles. The molecule has 1 saturated heterocycles. The fourth-order valence-electron chi connectivity index (χ4n) is 3.98. The van der Waals surface area contributed by atoms with E-state index in [-0.39, 0.29) is 37.4 Å². The van der Waals surface area contributed by atoms with Crippen LogP contribution in [0.1, 0.15) is 22.8 Å². The molecule has 2 aromatic carbocycles. The smallest absolute Gasteiger partial charge is 0.265 e. The topological polar surface area (TPSA) is 97.4 Å². The zero-order valence-corrected chi connectivity index (χ0v) is 20.0. The maximum atomic E-state index is 12.8. The Morgan fingerprint density at radius 2 is 1.86 bits per heavy atom. The van der Waals surface area contributed by atoms with E-state index in [1.807, 2.05) is 24.3 Å². The molecule has 1 N–H and O–H groups in total. The van der Waals surface area contributed by atoms with E-state index in [0.717, 1.165) is 26.1 Å². The molecular formula is C26H31N3O6. The molecule has 9 nitrogen and oxygen atoms in total. The van der Waals surface area contributed by atoms with Crippen molar-refractivity contribution >= 4 is 23.3 Å². The number of ketones is 1. The van der Waals surface area contributed by atoms with Gasteiger partial charge in [0, 0.05) is 31.7 Å². The summed E-state index contributed by atoms with van der Waals surface area (Å²) in [5.41, 5.74) is 1.97. The third-order valence-electron chi connectivity index (χ3n) is 6.08. The number of benzene rings is 2. The van der Waals surface area contributed by atoms with Gasteiger partial charge in [-0.1, -0.05) is 19.1 Å². The van der Waals surface area contributed by atoms with Crippen LogP contribution < -0.4 is 19.7 Å². The third kappa shape index (κ3) is 6.58. The van der Waals surface area contributed by atoms with Crippen LogP contribution in [0.25, 0.3) is 0 Å². The summed E-state index contributed by atoms with van der Waals surface area (Å²) in [5, 5.41) is 2.87. The fourth-order valence-corrected chi connectivity index (χ4v) is 3.98. The van der Waals surface area contributed by atoms with Crippen molar-refractivity contribution in [2.24, 2.45) is 0 Å². The summed E-state index contributed by atoms with van der Waals surface area (Å²) in [6.07, 6.45) is 0.928. The number of nitrogens with one attached hydrogen (secondary N) is 1. The first kappa shape index (κ1) is 24.7. The van der Waals surface area contributed by atoms with E-state index in [2.05, 4.69) is 17.1 Å². The number of nitrogens with zero attached hydrogens (tertiary/aromatic N) is 2. The van der Waals surface area contributed by atoms with Crippen molar-refractivity contribution in [3.8, 4) is 11.5 Å². The van der Waals surface area contributed by atoms with Gasteiger partial charge in [-0.15, -0.1) is 0 Å². The molecule has 9 heteroatoms. The van der Waals surface area contributed by atoms with Crippen molar-refractivity contribution in [3.63, 3.8) is 0 Å². The highest BCUT2D eigenvalue weighted by Crippen LogP contribution is 2.33. The molecule has 2 aliphatic heterocycles. The van der Waals surface area contributed by atoms with Gasteiger partial charge in [-0.05, 0) is 42.3 Å². The minimum Gasteiger partial charge on any atom is -0.485 e. The Bertz CT molecular complexity index is 1050. The summed E-state index contributed by atoms with van der Waals surface area (Å²) < 4.78 is 16.5. The van der Waals surface area contributed by atoms with Gasteiger partial charge < -0.3 is 19.5 Å².